The van der Waals surface area contributed by atoms with Gasteiger partial charge in [0.05, 0.1) is 17.0 Å². The molecule has 8 heteroatoms. The van der Waals surface area contributed by atoms with E-state index < -0.39 is 0 Å². The lowest BCUT2D eigenvalue weighted by molar-refractivity contribution is -0.134. The van der Waals surface area contributed by atoms with Gasteiger partial charge in [0.2, 0.25) is 17.7 Å². The van der Waals surface area contributed by atoms with Crippen molar-refractivity contribution in [3.05, 3.63) is 29.0 Å². The third-order valence-electron chi connectivity index (χ3n) is 4.80. The Morgan fingerprint density at radius 2 is 2.30 bits per heavy atom. The van der Waals surface area contributed by atoms with E-state index in [0.717, 1.165) is 24.1 Å². The number of hydrogen-bond acceptors (Lipinski definition) is 6. The average molecular weight is 391 g/mol. The molecular formula is C19H26N4O3S. The first-order chi connectivity index (χ1) is 13.1. The quantitative estimate of drug-likeness (QED) is 0.754. The average Bonchev–Trinajstić information content (AvgIpc) is 3.31. The van der Waals surface area contributed by atoms with Gasteiger partial charge in [-0.1, -0.05) is 6.07 Å². The molecule has 1 atom stereocenters. The summed E-state index contributed by atoms with van der Waals surface area (Å²) in [7, 11) is 0. The summed E-state index contributed by atoms with van der Waals surface area (Å²) in [5, 5.41) is 4.86. The van der Waals surface area contributed by atoms with Gasteiger partial charge in [0.25, 0.3) is 0 Å². The lowest BCUT2D eigenvalue weighted by atomic mass is 10.0. The van der Waals surface area contributed by atoms with Crippen LogP contribution in [0.5, 0.6) is 0 Å². The number of carbonyl (C=O) groups is 2. The molecule has 0 bridgehead atoms. The maximum atomic E-state index is 12.9. The van der Waals surface area contributed by atoms with E-state index in [0.29, 0.717) is 43.4 Å². The summed E-state index contributed by atoms with van der Waals surface area (Å²) in [6, 6.07) is 3.92. The number of oxazole rings is 1. The van der Waals surface area contributed by atoms with E-state index in [1.807, 2.05) is 29.3 Å². The number of hydrogen-bond donors (Lipinski definition) is 2. The summed E-state index contributed by atoms with van der Waals surface area (Å²) in [5.74, 6) is 1.21. The van der Waals surface area contributed by atoms with Crippen LogP contribution in [0.15, 0.2) is 21.9 Å². The van der Waals surface area contributed by atoms with Gasteiger partial charge in [0.1, 0.15) is 5.76 Å². The molecule has 0 aliphatic carbocycles. The molecule has 1 unspecified atom stereocenters. The first kappa shape index (κ1) is 19.6. The van der Waals surface area contributed by atoms with Crippen molar-refractivity contribution in [3.63, 3.8) is 0 Å². The zero-order chi connectivity index (χ0) is 19.2. The highest BCUT2D eigenvalue weighted by Crippen LogP contribution is 2.26. The number of carbonyl (C=O) groups excluding carboxylic acids is 2. The van der Waals surface area contributed by atoms with Gasteiger partial charge in [-0.15, -0.1) is 11.3 Å². The van der Waals surface area contributed by atoms with E-state index in [-0.39, 0.29) is 24.3 Å². The second kappa shape index (κ2) is 9.14. The maximum Gasteiger partial charge on any atom is 0.236 e. The van der Waals surface area contributed by atoms with Crippen molar-refractivity contribution in [2.24, 2.45) is 5.73 Å². The molecule has 1 saturated heterocycles. The van der Waals surface area contributed by atoms with Crippen LogP contribution in [0, 0.1) is 6.92 Å². The van der Waals surface area contributed by atoms with Gasteiger partial charge in [-0.25, -0.2) is 4.98 Å². The first-order valence-corrected chi connectivity index (χ1v) is 10.2. The van der Waals surface area contributed by atoms with E-state index in [4.69, 9.17) is 10.2 Å². The number of likely N-dealkylation sites (tertiary alicyclic amines) is 1. The van der Waals surface area contributed by atoms with Crippen molar-refractivity contribution in [2.45, 2.75) is 45.1 Å². The predicted molar refractivity (Wildman–Crippen MR) is 104 cm³/mol. The highest BCUT2D eigenvalue weighted by Gasteiger charge is 2.28. The molecule has 2 aromatic rings. The van der Waals surface area contributed by atoms with E-state index >= 15 is 0 Å². The zero-order valence-electron chi connectivity index (χ0n) is 15.6. The third-order valence-corrected chi connectivity index (χ3v) is 5.65. The van der Waals surface area contributed by atoms with Crippen molar-refractivity contribution < 1.29 is 14.0 Å². The number of nitrogens with two attached hydrogens (primary N) is 1. The molecule has 7 nitrogen and oxygen atoms in total. The van der Waals surface area contributed by atoms with Gasteiger partial charge >= 0.3 is 0 Å². The van der Waals surface area contributed by atoms with Crippen LogP contribution in [-0.4, -0.2) is 47.4 Å². The molecule has 1 aliphatic rings. The minimum atomic E-state index is -0.0663. The second-order valence-electron chi connectivity index (χ2n) is 6.76. The molecule has 1 aliphatic heterocycles. The Labute approximate surface area is 162 Å². The Morgan fingerprint density at radius 3 is 3.04 bits per heavy atom. The molecule has 3 N–H and O–H groups in total. The van der Waals surface area contributed by atoms with Crippen LogP contribution in [0.2, 0.25) is 0 Å². The van der Waals surface area contributed by atoms with Gasteiger partial charge in [0.15, 0.2) is 0 Å². The van der Waals surface area contributed by atoms with Crippen LogP contribution in [0.25, 0.3) is 10.8 Å². The second-order valence-corrected chi connectivity index (χ2v) is 7.70. The molecule has 146 valence electrons. The SMILES string of the molecule is Cc1oc(-c2cccs2)nc1CC(=O)N1CCCCC1CNC(=O)CCN. The predicted octanol–water partition coefficient (Wildman–Crippen LogP) is 2.10. The van der Waals surface area contributed by atoms with Crippen LogP contribution in [0.1, 0.15) is 37.1 Å². The summed E-state index contributed by atoms with van der Waals surface area (Å²) in [5.41, 5.74) is 6.09. The molecule has 27 heavy (non-hydrogen) atoms. The standard InChI is InChI=1S/C19H26N4O3S/c1-13-15(22-19(26-13)16-6-4-10-27-16)11-18(25)23-9-3-2-5-14(23)12-21-17(24)7-8-20/h4,6,10,14H,2-3,5,7-9,11-12,20H2,1H3,(H,21,24). The fraction of sp³-hybridized carbons (Fsp3) is 0.526. The number of rotatable bonds is 7. The molecule has 3 rings (SSSR count). The molecule has 3 heterocycles. The summed E-state index contributed by atoms with van der Waals surface area (Å²) in [4.78, 5) is 32.0. The largest absolute Gasteiger partial charge is 0.440 e. The van der Waals surface area contributed by atoms with E-state index in [1.54, 1.807) is 11.3 Å². The van der Waals surface area contributed by atoms with Crippen molar-refractivity contribution in [1.82, 2.24) is 15.2 Å². The van der Waals surface area contributed by atoms with Crippen molar-refractivity contribution in [2.75, 3.05) is 19.6 Å². The van der Waals surface area contributed by atoms with Gasteiger partial charge in [-0.2, -0.15) is 0 Å². The number of amides is 2. The number of piperidine rings is 1. The molecule has 0 aromatic carbocycles. The lowest BCUT2D eigenvalue weighted by Crippen LogP contribution is -2.50. The van der Waals surface area contributed by atoms with E-state index in [9.17, 15) is 9.59 Å². The van der Waals surface area contributed by atoms with E-state index in [1.165, 1.54) is 0 Å². The van der Waals surface area contributed by atoms with Gasteiger partial charge < -0.3 is 20.4 Å². The van der Waals surface area contributed by atoms with Crippen LogP contribution in [0.3, 0.4) is 0 Å². The molecule has 1 fully saturated rings. The molecular weight excluding hydrogens is 364 g/mol. The highest BCUT2D eigenvalue weighted by molar-refractivity contribution is 7.13. The monoisotopic (exact) mass is 390 g/mol. The van der Waals surface area contributed by atoms with Crippen molar-refractivity contribution >= 4 is 23.2 Å². The van der Waals surface area contributed by atoms with Crippen LogP contribution in [0.4, 0.5) is 0 Å². The Morgan fingerprint density at radius 1 is 1.44 bits per heavy atom. The Kier molecular flexibility index (Phi) is 6.63. The Hall–Kier alpha value is -2.19. The summed E-state index contributed by atoms with van der Waals surface area (Å²) in [6.07, 6.45) is 3.47. The first-order valence-electron chi connectivity index (χ1n) is 9.35. The molecule has 2 amide bonds. The fourth-order valence-electron chi connectivity index (χ4n) is 3.33. The summed E-state index contributed by atoms with van der Waals surface area (Å²) < 4.78 is 5.74. The maximum absolute atomic E-state index is 12.9. The van der Waals surface area contributed by atoms with Crippen LogP contribution in [-0.2, 0) is 16.0 Å². The Bertz CT molecular complexity index is 772. The molecule has 2 aromatic heterocycles. The Balaban J connectivity index is 1.64. The minimum absolute atomic E-state index is 0.0250. The third kappa shape index (κ3) is 4.95. The van der Waals surface area contributed by atoms with Gasteiger partial charge in [-0.3, -0.25) is 9.59 Å². The minimum Gasteiger partial charge on any atom is -0.440 e. The van der Waals surface area contributed by atoms with Gasteiger partial charge in [-0.05, 0) is 37.6 Å². The lowest BCUT2D eigenvalue weighted by Gasteiger charge is -2.36. The van der Waals surface area contributed by atoms with Crippen LogP contribution < -0.4 is 11.1 Å². The highest BCUT2D eigenvalue weighted by atomic mass is 32.1. The fourth-order valence-corrected chi connectivity index (χ4v) is 3.98. The number of aromatic nitrogens is 1. The number of nitrogens with zero attached hydrogens (tertiary/aromatic N) is 2. The molecule has 0 spiro atoms. The van der Waals surface area contributed by atoms with Gasteiger partial charge in [0, 0.05) is 32.1 Å². The summed E-state index contributed by atoms with van der Waals surface area (Å²) in [6.45, 7) is 3.36. The smallest absolute Gasteiger partial charge is 0.236 e. The zero-order valence-corrected chi connectivity index (χ0v) is 16.4. The number of thiophene rings is 1. The molecule has 0 saturated carbocycles. The molecule has 0 radical (unpaired) electrons. The van der Waals surface area contributed by atoms with Crippen molar-refractivity contribution in [3.8, 4) is 10.8 Å². The van der Waals surface area contributed by atoms with Crippen LogP contribution >= 0.6 is 11.3 Å². The number of nitrogens with one attached hydrogen (secondary N) is 1. The van der Waals surface area contributed by atoms with Crippen molar-refractivity contribution in [1.29, 1.82) is 0 Å². The normalized spacial score (nSPS) is 17.1. The summed E-state index contributed by atoms with van der Waals surface area (Å²) >= 11 is 1.56. The number of aryl methyl sites for hydroxylation is 1. The topological polar surface area (TPSA) is 101 Å². The van der Waals surface area contributed by atoms with E-state index in [2.05, 4.69) is 10.3 Å².